The number of piperazine rings is 1. The van der Waals surface area contributed by atoms with E-state index in [0.717, 1.165) is 34.3 Å². The van der Waals surface area contributed by atoms with Gasteiger partial charge in [0.05, 0.1) is 21.7 Å². The first-order chi connectivity index (χ1) is 15.6. The number of benzene rings is 1. The van der Waals surface area contributed by atoms with Crippen LogP contribution in [0.3, 0.4) is 0 Å². The van der Waals surface area contributed by atoms with Crippen LogP contribution in [0.2, 0.25) is 0 Å². The summed E-state index contributed by atoms with van der Waals surface area (Å²) in [7, 11) is 0. The maximum absolute atomic E-state index is 13.5. The number of para-hydroxylation sites is 1. The predicted molar refractivity (Wildman–Crippen MR) is 123 cm³/mol. The van der Waals surface area contributed by atoms with E-state index in [2.05, 4.69) is 0 Å². The van der Waals surface area contributed by atoms with Crippen LogP contribution in [0, 0.1) is 0 Å². The molecule has 164 valence electrons. The van der Waals surface area contributed by atoms with Crippen LogP contribution in [-0.4, -0.2) is 76.7 Å². The Morgan fingerprint density at radius 3 is 2.12 bits per heavy atom. The number of amides is 3. The minimum Gasteiger partial charge on any atom is -0.335 e. The molecule has 4 heterocycles. The van der Waals surface area contributed by atoms with Gasteiger partial charge in [-0.1, -0.05) is 24.3 Å². The van der Waals surface area contributed by atoms with E-state index < -0.39 is 11.8 Å². The van der Waals surface area contributed by atoms with Crippen molar-refractivity contribution in [3.63, 3.8) is 0 Å². The molecule has 32 heavy (non-hydrogen) atoms. The molecule has 0 spiro atoms. The molecular weight excluding hydrogens is 424 g/mol. The first-order valence-corrected chi connectivity index (χ1v) is 11.8. The van der Waals surface area contributed by atoms with Crippen molar-refractivity contribution >= 4 is 40.0 Å². The standard InChI is InChI=1S/C24H24N4O3S/c29-22(27-11-13-28(14-12-27)24(31)23(30)26-9-3-4-10-26)18-16-20(21-8-5-15-32-21)25-19-7-2-1-6-17(18)19/h1-2,5-8,15-16H,3-4,9-14H2. The third-order valence-corrected chi connectivity index (χ3v) is 7.04. The van der Waals surface area contributed by atoms with Gasteiger partial charge in [0.2, 0.25) is 0 Å². The average molecular weight is 449 g/mol. The van der Waals surface area contributed by atoms with Crippen LogP contribution in [0.1, 0.15) is 23.2 Å². The number of likely N-dealkylation sites (tertiary alicyclic amines) is 1. The van der Waals surface area contributed by atoms with Gasteiger partial charge in [0.25, 0.3) is 5.91 Å². The molecule has 2 aromatic heterocycles. The molecule has 2 aliphatic heterocycles. The van der Waals surface area contributed by atoms with Crippen LogP contribution in [0.4, 0.5) is 0 Å². The van der Waals surface area contributed by atoms with Crippen molar-refractivity contribution < 1.29 is 14.4 Å². The lowest BCUT2D eigenvalue weighted by atomic mass is 10.1. The summed E-state index contributed by atoms with van der Waals surface area (Å²) < 4.78 is 0. The second-order valence-electron chi connectivity index (χ2n) is 8.13. The quantitative estimate of drug-likeness (QED) is 0.565. The zero-order valence-corrected chi connectivity index (χ0v) is 18.5. The average Bonchev–Trinajstić information content (AvgIpc) is 3.57. The molecular formula is C24H24N4O3S. The summed E-state index contributed by atoms with van der Waals surface area (Å²) >= 11 is 1.59. The highest BCUT2D eigenvalue weighted by atomic mass is 32.1. The van der Waals surface area contributed by atoms with E-state index in [9.17, 15) is 14.4 Å². The van der Waals surface area contributed by atoms with Gasteiger partial charge in [-0.05, 0) is 36.4 Å². The van der Waals surface area contributed by atoms with Crippen LogP contribution in [0.5, 0.6) is 0 Å². The molecule has 2 fully saturated rings. The van der Waals surface area contributed by atoms with Gasteiger partial charge in [-0.25, -0.2) is 4.98 Å². The first kappa shape index (κ1) is 20.6. The number of hydrogen-bond donors (Lipinski definition) is 0. The van der Waals surface area contributed by atoms with E-state index in [1.807, 2.05) is 47.8 Å². The van der Waals surface area contributed by atoms with Crippen LogP contribution in [-0.2, 0) is 9.59 Å². The number of pyridine rings is 1. The molecule has 2 saturated heterocycles. The fraction of sp³-hybridized carbons (Fsp3) is 0.333. The zero-order chi connectivity index (χ0) is 22.1. The van der Waals surface area contributed by atoms with E-state index >= 15 is 0 Å². The maximum Gasteiger partial charge on any atom is 0.312 e. The lowest BCUT2D eigenvalue weighted by Crippen LogP contribution is -2.54. The monoisotopic (exact) mass is 448 g/mol. The Morgan fingerprint density at radius 1 is 0.781 bits per heavy atom. The number of nitrogens with zero attached hydrogens (tertiary/aromatic N) is 4. The fourth-order valence-corrected chi connectivity index (χ4v) is 5.06. The Bertz CT molecular complexity index is 1160. The second kappa shape index (κ2) is 8.70. The van der Waals surface area contributed by atoms with E-state index in [0.29, 0.717) is 44.8 Å². The van der Waals surface area contributed by atoms with Gasteiger partial charge >= 0.3 is 11.8 Å². The summed E-state index contributed by atoms with van der Waals surface area (Å²) in [5.74, 6) is -0.935. The van der Waals surface area contributed by atoms with Crippen molar-refractivity contribution in [2.24, 2.45) is 0 Å². The molecule has 0 N–H and O–H groups in total. The van der Waals surface area contributed by atoms with Crippen LogP contribution >= 0.6 is 11.3 Å². The summed E-state index contributed by atoms with van der Waals surface area (Å²) in [4.78, 5) is 49.2. The molecule has 7 nitrogen and oxygen atoms in total. The maximum atomic E-state index is 13.5. The smallest absolute Gasteiger partial charge is 0.312 e. The van der Waals surface area contributed by atoms with E-state index in [1.54, 1.807) is 26.0 Å². The van der Waals surface area contributed by atoms with Crippen molar-refractivity contribution in [3.05, 3.63) is 53.4 Å². The molecule has 0 bridgehead atoms. The molecule has 0 atom stereocenters. The number of aromatic nitrogens is 1. The lowest BCUT2D eigenvalue weighted by molar-refractivity contribution is -0.152. The summed E-state index contributed by atoms with van der Waals surface area (Å²) in [5, 5.41) is 2.81. The van der Waals surface area contributed by atoms with Gasteiger partial charge < -0.3 is 14.7 Å². The van der Waals surface area contributed by atoms with Gasteiger partial charge in [0.1, 0.15) is 0 Å². The highest BCUT2D eigenvalue weighted by Crippen LogP contribution is 2.28. The molecule has 0 radical (unpaired) electrons. The Balaban J connectivity index is 1.34. The number of carbonyl (C=O) groups is 3. The Hall–Kier alpha value is -3.26. The van der Waals surface area contributed by atoms with E-state index in [-0.39, 0.29) is 5.91 Å². The van der Waals surface area contributed by atoms with Crippen molar-refractivity contribution in [3.8, 4) is 10.6 Å². The van der Waals surface area contributed by atoms with Gasteiger partial charge in [-0.15, -0.1) is 11.3 Å². The topological polar surface area (TPSA) is 73.8 Å². The lowest BCUT2D eigenvalue weighted by Gasteiger charge is -2.35. The summed E-state index contributed by atoms with van der Waals surface area (Å²) in [6.45, 7) is 2.86. The summed E-state index contributed by atoms with van der Waals surface area (Å²) in [5.41, 5.74) is 2.19. The number of hydrogen-bond acceptors (Lipinski definition) is 5. The fourth-order valence-electron chi connectivity index (χ4n) is 4.38. The molecule has 2 aliphatic rings. The highest BCUT2D eigenvalue weighted by molar-refractivity contribution is 7.13. The largest absolute Gasteiger partial charge is 0.335 e. The van der Waals surface area contributed by atoms with Crippen molar-refractivity contribution in [1.29, 1.82) is 0 Å². The number of carbonyl (C=O) groups excluding carboxylic acids is 3. The highest BCUT2D eigenvalue weighted by Gasteiger charge is 2.32. The Kier molecular flexibility index (Phi) is 5.61. The number of rotatable bonds is 2. The van der Waals surface area contributed by atoms with Crippen molar-refractivity contribution in [1.82, 2.24) is 19.7 Å². The Morgan fingerprint density at radius 2 is 1.44 bits per heavy atom. The van der Waals surface area contributed by atoms with Crippen LogP contribution in [0.15, 0.2) is 47.8 Å². The molecule has 5 rings (SSSR count). The summed E-state index contributed by atoms with van der Waals surface area (Å²) in [6.07, 6.45) is 1.91. The predicted octanol–water partition coefficient (Wildman–Crippen LogP) is 2.87. The molecule has 3 amide bonds. The van der Waals surface area contributed by atoms with Gasteiger partial charge in [-0.2, -0.15) is 0 Å². The van der Waals surface area contributed by atoms with Gasteiger partial charge in [0, 0.05) is 44.7 Å². The van der Waals surface area contributed by atoms with Crippen LogP contribution < -0.4 is 0 Å². The van der Waals surface area contributed by atoms with Crippen molar-refractivity contribution in [2.45, 2.75) is 12.8 Å². The molecule has 0 unspecified atom stereocenters. The van der Waals surface area contributed by atoms with Crippen LogP contribution in [0.25, 0.3) is 21.5 Å². The number of thiophene rings is 1. The SMILES string of the molecule is O=C(C(=O)N1CCN(C(=O)c2cc(-c3cccs3)nc3ccccc23)CC1)N1CCCC1. The molecule has 8 heteroatoms. The van der Waals surface area contributed by atoms with Gasteiger partial charge in [0.15, 0.2) is 0 Å². The molecule has 0 aliphatic carbocycles. The minimum absolute atomic E-state index is 0.0700. The number of fused-ring (bicyclic) bond motifs is 1. The molecule has 0 saturated carbocycles. The molecule has 3 aromatic rings. The van der Waals surface area contributed by atoms with E-state index in [4.69, 9.17) is 4.98 Å². The first-order valence-electron chi connectivity index (χ1n) is 10.9. The Labute approximate surface area is 190 Å². The van der Waals surface area contributed by atoms with E-state index in [1.165, 1.54) is 0 Å². The normalized spacial score (nSPS) is 16.6. The third kappa shape index (κ3) is 3.86. The second-order valence-corrected chi connectivity index (χ2v) is 9.08. The zero-order valence-electron chi connectivity index (χ0n) is 17.7. The van der Waals surface area contributed by atoms with Gasteiger partial charge in [-0.3, -0.25) is 14.4 Å². The molecule has 1 aromatic carbocycles. The van der Waals surface area contributed by atoms with Crippen molar-refractivity contribution in [2.75, 3.05) is 39.3 Å². The summed E-state index contributed by atoms with van der Waals surface area (Å²) in [6, 6.07) is 13.5. The minimum atomic E-state index is -0.451. The third-order valence-electron chi connectivity index (χ3n) is 6.15.